The van der Waals surface area contributed by atoms with Gasteiger partial charge in [0.05, 0.1) is 12.2 Å². The van der Waals surface area contributed by atoms with E-state index in [-0.39, 0.29) is 30.4 Å². The molecule has 2 aliphatic rings. The molecule has 2 saturated carbocycles. The highest BCUT2D eigenvalue weighted by Gasteiger charge is 2.58. The van der Waals surface area contributed by atoms with Crippen molar-refractivity contribution in [2.24, 2.45) is 11.8 Å². The van der Waals surface area contributed by atoms with E-state index in [2.05, 4.69) is 5.32 Å². The maximum Gasteiger partial charge on any atom is 0.407 e. The Balaban J connectivity index is 1.47. The molecule has 6 atom stereocenters. The number of hydrogen-bond acceptors (Lipinski definition) is 4. The van der Waals surface area contributed by atoms with E-state index in [0.29, 0.717) is 6.42 Å². The lowest BCUT2D eigenvalue weighted by atomic mass is 9.77. The van der Waals surface area contributed by atoms with Crippen molar-refractivity contribution in [1.29, 1.82) is 0 Å². The Morgan fingerprint density at radius 3 is 2.27 bits per heavy atom. The lowest BCUT2D eigenvalue weighted by Crippen LogP contribution is -2.51. The van der Waals surface area contributed by atoms with Gasteiger partial charge in [-0.3, -0.25) is 0 Å². The summed E-state index contributed by atoms with van der Waals surface area (Å²) in [7, 11) is 0. The van der Waals surface area contributed by atoms with Crippen molar-refractivity contribution in [2.45, 2.75) is 37.2 Å². The third kappa shape index (κ3) is 3.08. The van der Waals surface area contributed by atoms with E-state index >= 15 is 0 Å². The highest BCUT2D eigenvalue weighted by atomic mass is 16.5. The van der Waals surface area contributed by atoms with Crippen LogP contribution in [0.5, 0.6) is 0 Å². The second kappa shape index (κ2) is 7.09. The van der Waals surface area contributed by atoms with Gasteiger partial charge in [-0.2, -0.15) is 0 Å². The molecule has 5 nitrogen and oxygen atoms in total. The second-order valence-electron chi connectivity index (χ2n) is 7.21. The van der Waals surface area contributed by atoms with E-state index in [0.717, 1.165) is 11.1 Å². The van der Waals surface area contributed by atoms with Gasteiger partial charge in [0.2, 0.25) is 0 Å². The van der Waals surface area contributed by atoms with Gasteiger partial charge in [0.25, 0.3) is 0 Å². The monoisotopic (exact) mass is 353 g/mol. The van der Waals surface area contributed by atoms with Crippen LogP contribution in [-0.2, 0) is 11.3 Å². The number of fused-ring (bicyclic) bond motifs is 2. The van der Waals surface area contributed by atoms with E-state index in [4.69, 9.17) is 4.74 Å². The topological polar surface area (TPSA) is 78.8 Å². The van der Waals surface area contributed by atoms with Crippen molar-refractivity contribution in [3.8, 4) is 0 Å². The quantitative estimate of drug-likeness (QED) is 0.789. The van der Waals surface area contributed by atoms with Crippen molar-refractivity contribution in [1.82, 2.24) is 5.32 Å². The highest BCUT2D eigenvalue weighted by molar-refractivity contribution is 5.68. The number of alkyl carbamates (subject to hydrolysis) is 1. The first-order chi connectivity index (χ1) is 12.6. The summed E-state index contributed by atoms with van der Waals surface area (Å²) in [5.41, 5.74) is 1.99. The van der Waals surface area contributed by atoms with Crippen LogP contribution in [0, 0.1) is 11.8 Å². The van der Waals surface area contributed by atoms with Gasteiger partial charge in [-0.05, 0) is 23.5 Å². The van der Waals surface area contributed by atoms with Gasteiger partial charge in [0, 0.05) is 17.9 Å². The number of aliphatic hydroxyl groups is 2. The zero-order chi connectivity index (χ0) is 18.1. The summed E-state index contributed by atoms with van der Waals surface area (Å²) in [5, 5.41) is 23.6. The van der Waals surface area contributed by atoms with E-state index in [1.807, 2.05) is 60.7 Å². The number of hydrogen-bond donors (Lipinski definition) is 3. The zero-order valence-corrected chi connectivity index (χ0v) is 14.4. The van der Waals surface area contributed by atoms with Gasteiger partial charge in [-0.15, -0.1) is 0 Å². The molecule has 26 heavy (non-hydrogen) atoms. The molecule has 3 N–H and O–H groups in total. The fourth-order valence-electron chi connectivity index (χ4n) is 4.58. The Labute approximate surface area is 152 Å². The molecular formula is C21H23NO4. The first-order valence-electron chi connectivity index (χ1n) is 9.03. The standard InChI is InChI=1S/C21H23NO4/c23-19-15-11-16(20(19)24)18(17(15)14-9-5-2-6-10-14)22-21(25)26-12-13-7-3-1-4-8-13/h1-10,15-20,23-24H,11-12H2,(H,22,25)/t15-,16+,17+,18+,19-,20+/m0/s1. The third-order valence-electron chi connectivity index (χ3n) is 5.76. The van der Waals surface area contributed by atoms with E-state index in [1.54, 1.807) is 0 Å². The Morgan fingerprint density at radius 1 is 0.962 bits per heavy atom. The fraction of sp³-hybridized carbons (Fsp3) is 0.381. The van der Waals surface area contributed by atoms with Crippen molar-refractivity contribution in [3.05, 3.63) is 71.8 Å². The van der Waals surface area contributed by atoms with Gasteiger partial charge < -0.3 is 20.3 Å². The van der Waals surface area contributed by atoms with Gasteiger partial charge in [0.15, 0.2) is 0 Å². The number of nitrogens with one attached hydrogen (secondary N) is 1. The number of carbonyl (C=O) groups excluding carboxylic acids is 1. The van der Waals surface area contributed by atoms with Gasteiger partial charge in [0.1, 0.15) is 6.61 Å². The molecule has 2 fully saturated rings. The van der Waals surface area contributed by atoms with Crippen LogP contribution in [-0.4, -0.2) is 34.6 Å². The second-order valence-corrected chi connectivity index (χ2v) is 7.21. The minimum absolute atomic E-state index is 0.0242. The molecule has 0 unspecified atom stereocenters. The Kier molecular flexibility index (Phi) is 4.66. The van der Waals surface area contributed by atoms with E-state index in [1.165, 1.54) is 0 Å². The van der Waals surface area contributed by atoms with Crippen molar-refractivity contribution >= 4 is 6.09 Å². The molecule has 0 aliphatic heterocycles. The summed E-state index contributed by atoms with van der Waals surface area (Å²) in [5.74, 6) is -0.245. The van der Waals surface area contributed by atoms with Crippen LogP contribution in [0.15, 0.2) is 60.7 Å². The molecule has 2 aromatic carbocycles. The van der Waals surface area contributed by atoms with Crippen LogP contribution in [0.4, 0.5) is 4.79 Å². The summed E-state index contributed by atoms with van der Waals surface area (Å²) in [6.45, 7) is 0.203. The summed E-state index contributed by atoms with van der Waals surface area (Å²) in [6, 6.07) is 19.1. The molecule has 1 amide bonds. The highest BCUT2D eigenvalue weighted by Crippen LogP contribution is 2.53. The smallest absolute Gasteiger partial charge is 0.407 e. The maximum absolute atomic E-state index is 12.3. The molecule has 2 bridgehead atoms. The molecule has 0 heterocycles. The van der Waals surface area contributed by atoms with Crippen molar-refractivity contribution in [2.75, 3.05) is 0 Å². The van der Waals surface area contributed by atoms with Crippen LogP contribution >= 0.6 is 0 Å². The number of amides is 1. The maximum atomic E-state index is 12.3. The van der Waals surface area contributed by atoms with Gasteiger partial charge in [-0.25, -0.2) is 4.79 Å². The van der Waals surface area contributed by atoms with E-state index in [9.17, 15) is 15.0 Å². The van der Waals surface area contributed by atoms with Crippen molar-refractivity contribution < 1.29 is 19.7 Å². The van der Waals surface area contributed by atoms with Crippen LogP contribution in [0.1, 0.15) is 23.5 Å². The molecule has 2 aromatic rings. The minimum atomic E-state index is -0.806. The fourth-order valence-corrected chi connectivity index (χ4v) is 4.58. The summed E-state index contributed by atoms with van der Waals surface area (Å²) in [6.07, 6.45) is -1.34. The molecule has 136 valence electrons. The average molecular weight is 353 g/mol. The Hall–Kier alpha value is -2.37. The third-order valence-corrected chi connectivity index (χ3v) is 5.76. The molecule has 4 rings (SSSR count). The molecule has 5 heteroatoms. The number of aliphatic hydroxyl groups excluding tert-OH is 2. The molecule has 2 aliphatic carbocycles. The van der Waals surface area contributed by atoms with Crippen LogP contribution in [0.2, 0.25) is 0 Å². The lowest BCUT2D eigenvalue weighted by Gasteiger charge is -2.37. The minimum Gasteiger partial charge on any atom is -0.445 e. The molecule has 0 aromatic heterocycles. The average Bonchev–Trinajstić information content (AvgIpc) is 3.18. The van der Waals surface area contributed by atoms with Gasteiger partial charge in [-0.1, -0.05) is 60.7 Å². The predicted molar refractivity (Wildman–Crippen MR) is 96.3 cm³/mol. The zero-order valence-electron chi connectivity index (χ0n) is 14.4. The van der Waals surface area contributed by atoms with Crippen LogP contribution in [0.25, 0.3) is 0 Å². The van der Waals surface area contributed by atoms with Gasteiger partial charge >= 0.3 is 6.09 Å². The summed E-state index contributed by atoms with van der Waals surface area (Å²) < 4.78 is 5.35. The van der Waals surface area contributed by atoms with Crippen molar-refractivity contribution in [3.63, 3.8) is 0 Å². The predicted octanol–water partition coefficient (Wildman–Crippen LogP) is 2.44. The Morgan fingerprint density at radius 2 is 1.58 bits per heavy atom. The first-order valence-corrected chi connectivity index (χ1v) is 9.03. The summed E-state index contributed by atoms with van der Waals surface area (Å²) >= 11 is 0. The number of carbonyl (C=O) groups is 1. The largest absolute Gasteiger partial charge is 0.445 e. The normalized spacial score (nSPS) is 32.4. The van der Waals surface area contributed by atoms with E-state index < -0.39 is 18.3 Å². The molecule has 0 radical (unpaired) electrons. The summed E-state index contributed by atoms with van der Waals surface area (Å²) in [4.78, 5) is 12.3. The number of benzene rings is 2. The number of ether oxygens (including phenoxy) is 1. The molecule has 0 spiro atoms. The lowest BCUT2D eigenvalue weighted by molar-refractivity contribution is -0.0334. The van der Waals surface area contributed by atoms with Crippen LogP contribution < -0.4 is 5.32 Å². The van der Waals surface area contributed by atoms with Crippen LogP contribution in [0.3, 0.4) is 0 Å². The molecule has 0 saturated heterocycles. The molecular weight excluding hydrogens is 330 g/mol. The first kappa shape index (κ1) is 17.1. The SMILES string of the molecule is O=C(N[C@@H]1[C@H]2C[C@H]([C@H](O)[C@@H]2O)[C@H]1c1ccccc1)OCc1ccccc1. The Bertz CT molecular complexity index is 751. The number of rotatable bonds is 4.